The van der Waals surface area contributed by atoms with Crippen LogP contribution >= 0.6 is 0 Å². The van der Waals surface area contributed by atoms with E-state index in [1.54, 1.807) is 67.5 Å². The van der Waals surface area contributed by atoms with Crippen LogP contribution < -0.4 is 0 Å². The van der Waals surface area contributed by atoms with Crippen LogP contribution in [-0.2, 0) is 0 Å². The molecule has 7 heterocycles. The Balaban J connectivity index is 0.000000190. The summed E-state index contributed by atoms with van der Waals surface area (Å²) in [5.41, 5.74) is 14.0. The zero-order valence-corrected chi connectivity index (χ0v) is 60.8. The number of rotatable bonds is 12. The maximum Gasteiger partial charge on any atom is 0.232 e. The van der Waals surface area contributed by atoms with Crippen LogP contribution in [0.15, 0.2) is 220 Å². The van der Waals surface area contributed by atoms with Crippen molar-refractivity contribution >= 4 is 0 Å². The highest BCUT2D eigenvalue weighted by Crippen LogP contribution is 2.24. The van der Waals surface area contributed by atoms with Gasteiger partial charge in [-0.1, -0.05) is 182 Å². The Morgan fingerprint density at radius 3 is 0.816 bits per heavy atom. The lowest BCUT2D eigenvalue weighted by atomic mass is 10.1. The van der Waals surface area contributed by atoms with E-state index in [4.69, 9.17) is 26.3 Å². The Bertz CT molecular complexity index is 4440. The fraction of sp³-hybridized carbons (Fsp3) is 0.250. The number of hydrogen-bond donors (Lipinski definition) is 0. The molecule has 12 rings (SSSR count). The topological polar surface area (TPSA) is 299 Å². The van der Waals surface area contributed by atoms with Crippen LogP contribution in [0.3, 0.4) is 0 Å². The predicted octanol–water partition coefficient (Wildman–Crippen LogP) is 18.9. The van der Waals surface area contributed by atoms with Crippen molar-refractivity contribution in [3.05, 3.63) is 288 Å². The molecule has 0 radical (unpaired) electrons. The molecule has 0 bridgehead atoms. The van der Waals surface area contributed by atoms with Crippen molar-refractivity contribution < 1.29 is 0 Å². The Morgan fingerprint density at radius 2 is 0.495 bits per heavy atom. The van der Waals surface area contributed by atoms with E-state index in [1.165, 1.54) is 5.56 Å². The maximum atomic E-state index is 8.84. The van der Waals surface area contributed by atoms with Crippen molar-refractivity contribution in [2.45, 2.75) is 138 Å². The molecule has 0 fully saturated rings. The van der Waals surface area contributed by atoms with E-state index in [9.17, 15) is 0 Å². The zero-order valence-electron chi connectivity index (χ0n) is 60.8. The summed E-state index contributed by atoms with van der Waals surface area (Å²) in [6.07, 6.45) is 25.0. The lowest BCUT2D eigenvalue weighted by molar-refractivity contribution is 0.772. The second kappa shape index (κ2) is 41.5. The van der Waals surface area contributed by atoms with E-state index in [-0.39, 0.29) is 5.82 Å². The molecule has 0 N–H and O–H groups in total. The van der Waals surface area contributed by atoms with Gasteiger partial charge in [-0.25, -0.2) is 69.8 Å². The summed E-state index contributed by atoms with van der Waals surface area (Å²) >= 11 is 0. The number of nitrogens with zero attached hydrogens (tertiary/aromatic N) is 19. The quantitative estimate of drug-likeness (QED) is 0.110. The van der Waals surface area contributed by atoms with Gasteiger partial charge in [-0.2, -0.15) is 26.3 Å². The van der Waals surface area contributed by atoms with E-state index in [0.29, 0.717) is 69.5 Å². The van der Waals surface area contributed by atoms with E-state index >= 15 is 0 Å². The van der Waals surface area contributed by atoms with Gasteiger partial charge in [-0.3, -0.25) is 0 Å². The first-order valence-electron chi connectivity index (χ1n) is 33.8. The van der Waals surface area contributed by atoms with Gasteiger partial charge in [0.15, 0.2) is 11.6 Å². The smallest absolute Gasteiger partial charge is 0.232 e. The van der Waals surface area contributed by atoms with Crippen LogP contribution in [0.2, 0.25) is 0 Å². The summed E-state index contributed by atoms with van der Waals surface area (Å²) in [5.74, 6) is 7.79. The molecule has 19 heteroatoms. The van der Waals surface area contributed by atoms with Gasteiger partial charge >= 0.3 is 0 Å². The van der Waals surface area contributed by atoms with Crippen LogP contribution in [0.4, 0.5) is 0 Å². The molecule has 7 aromatic heterocycles. The Hall–Kier alpha value is -12.9. The molecule has 0 aliphatic rings. The van der Waals surface area contributed by atoms with Crippen molar-refractivity contribution in [2.24, 2.45) is 0 Å². The molecule has 103 heavy (non-hydrogen) atoms. The molecule has 0 unspecified atom stereocenters. The predicted molar refractivity (Wildman–Crippen MR) is 404 cm³/mol. The fourth-order valence-electron chi connectivity index (χ4n) is 8.73. The fourth-order valence-corrected chi connectivity index (χ4v) is 8.73. The molecule has 0 amide bonds. The van der Waals surface area contributed by atoms with Crippen LogP contribution in [-0.4, -0.2) is 69.8 Å². The lowest BCUT2D eigenvalue weighted by Crippen LogP contribution is -1.96. The largest absolute Gasteiger partial charge is 0.240 e. The third-order valence-corrected chi connectivity index (χ3v) is 15.1. The second-order valence-electron chi connectivity index (χ2n) is 25.4. The molecule has 0 aliphatic carbocycles. The normalized spacial score (nSPS) is 10.2. The third-order valence-electron chi connectivity index (χ3n) is 15.1. The minimum absolute atomic E-state index is 0.231. The van der Waals surface area contributed by atoms with E-state index < -0.39 is 0 Å². The molecular formula is C84H85N19. The molecule has 19 nitrogen and oxygen atoms in total. The first-order valence-corrected chi connectivity index (χ1v) is 33.8. The Morgan fingerprint density at radius 1 is 0.214 bits per heavy atom. The molecular weight excluding hydrogens is 1280 g/mol. The molecule has 5 aromatic carbocycles. The first-order chi connectivity index (χ1) is 49.6. The molecule has 0 aliphatic heterocycles. The summed E-state index contributed by atoms with van der Waals surface area (Å²) in [7, 11) is 0. The summed E-state index contributed by atoms with van der Waals surface area (Å²) < 4.78 is 0. The van der Waals surface area contributed by atoms with Gasteiger partial charge < -0.3 is 0 Å². The average molecular weight is 1360 g/mol. The van der Waals surface area contributed by atoms with E-state index in [1.807, 2.05) is 167 Å². The third kappa shape index (κ3) is 26.1. The highest BCUT2D eigenvalue weighted by atomic mass is 14.9. The zero-order chi connectivity index (χ0) is 74.6. The van der Waals surface area contributed by atoms with Crippen LogP contribution in [0.5, 0.6) is 0 Å². The van der Waals surface area contributed by atoms with Gasteiger partial charge in [0.2, 0.25) is 5.82 Å². The SMILES string of the molecule is CC(C)c1cnc(-c2ccc(C#N)cc2)nc1.CC(C)c1cnc(-c2ccccc2)nc1.CC(C)c1cnc(C#N)nc1.CC(C)c1ncc(-c2ccc(C#N)cc2)cn1.CC(C)c1ncc(-c2cccc(C#N)c2)cn1.CC(C)c1ncc(-c2ccccc2)cn1.CC(C)c1ncc(C#N)cn1. The van der Waals surface area contributed by atoms with Crippen LogP contribution in [0, 0.1) is 56.7 Å². The minimum Gasteiger partial charge on any atom is -0.240 e. The first kappa shape index (κ1) is 79.1. The lowest BCUT2D eigenvalue weighted by Gasteiger charge is -2.05. The molecule has 516 valence electrons. The summed E-state index contributed by atoms with van der Waals surface area (Å²) in [6, 6.07) is 52.5. The Kier molecular flexibility index (Phi) is 31.9. The van der Waals surface area contributed by atoms with Gasteiger partial charge in [-0.05, 0) is 99.7 Å². The van der Waals surface area contributed by atoms with Gasteiger partial charge in [0.25, 0.3) is 0 Å². The van der Waals surface area contributed by atoms with Crippen molar-refractivity contribution in [1.82, 2.24) is 69.8 Å². The molecule has 0 saturated carbocycles. The number of aromatic nitrogens is 14. The van der Waals surface area contributed by atoms with Crippen molar-refractivity contribution in [3.8, 4) is 86.5 Å². The summed E-state index contributed by atoms with van der Waals surface area (Å²) in [4.78, 5) is 59.1. The second-order valence-corrected chi connectivity index (χ2v) is 25.4. The summed E-state index contributed by atoms with van der Waals surface area (Å²) in [5, 5.41) is 43.1. The number of benzene rings is 5. The highest BCUT2D eigenvalue weighted by molar-refractivity contribution is 5.65. The van der Waals surface area contributed by atoms with Crippen LogP contribution in [0.25, 0.3) is 56.2 Å². The van der Waals surface area contributed by atoms with Gasteiger partial charge in [0, 0.05) is 138 Å². The molecule has 0 spiro atoms. The number of nitriles is 5. The molecule has 12 aromatic rings. The van der Waals surface area contributed by atoms with Crippen LogP contribution in [0.1, 0.15) is 206 Å². The van der Waals surface area contributed by atoms with Crippen molar-refractivity contribution in [1.29, 1.82) is 26.3 Å². The van der Waals surface area contributed by atoms with Crippen molar-refractivity contribution in [3.63, 3.8) is 0 Å². The molecule has 0 atom stereocenters. The van der Waals surface area contributed by atoms with Gasteiger partial charge in [-0.15, -0.1) is 0 Å². The highest BCUT2D eigenvalue weighted by Gasteiger charge is 2.10. The monoisotopic (exact) mass is 1360 g/mol. The molecule has 0 saturated heterocycles. The van der Waals surface area contributed by atoms with E-state index in [2.05, 4.69) is 183 Å². The standard InChI is InChI=1S/3C14H13N3.2C13H14N2.2C8H9N3/c1-10(2)14-16-8-13(9-17-14)12-5-3-11(7-15)4-6-12;1-10(2)13-8-16-14(17-9-13)12-5-3-11(7-15)4-6-12;1-10(2)14-16-8-13(9-17-14)12-5-3-4-11(6-12)7-15;1-10(2)13-14-8-12(9-15-13)11-6-4-3-5-7-11;1-10(2)12-8-14-13(15-9-12)11-6-4-3-5-7-11;1-6(2)7-4-10-8(3-9)11-5-7;1-6(2)8-10-4-7(3-9)5-11-8/h3*3-6,8-10H,1-2H3;2*3-10H,1-2H3;2*4-6H,1-2H3. The number of hydrogen-bond acceptors (Lipinski definition) is 19. The van der Waals surface area contributed by atoms with Gasteiger partial charge in [0.05, 0.1) is 40.5 Å². The maximum absolute atomic E-state index is 8.84. The van der Waals surface area contributed by atoms with Gasteiger partial charge in [0.1, 0.15) is 35.4 Å². The Labute approximate surface area is 606 Å². The summed E-state index contributed by atoms with van der Waals surface area (Å²) in [6.45, 7) is 29.1. The minimum atomic E-state index is 0.231. The van der Waals surface area contributed by atoms with E-state index in [0.717, 1.165) is 84.8 Å². The van der Waals surface area contributed by atoms with Crippen molar-refractivity contribution in [2.75, 3.05) is 0 Å². The average Bonchev–Trinajstić information content (AvgIpc) is 1.02.